The molecule has 0 aliphatic heterocycles. The van der Waals surface area contributed by atoms with Crippen LogP contribution in [0.5, 0.6) is 0 Å². The molecule has 0 amide bonds. The molecule has 19 heavy (non-hydrogen) atoms. The number of aromatic nitrogens is 5. The summed E-state index contributed by atoms with van der Waals surface area (Å²) in [6.45, 7) is 0.617. The molecule has 0 aliphatic rings. The Morgan fingerprint density at radius 1 is 1.11 bits per heavy atom. The smallest absolute Gasteiger partial charge is 0.128 e. The zero-order valence-corrected chi connectivity index (χ0v) is 12.1. The van der Waals surface area contributed by atoms with E-state index in [-0.39, 0.29) is 0 Å². The van der Waals surface area contributed by atoms with Crippen LogP contribution in [0.25, 0.3) is 11.3 Å². The van der Waals surface area contributed by atoms with E-state index in [4.69, 9.17) is 0 Å². The molecule has 0 bridgehead atoms. The van der Waals surface area contributed by atoms with Crippen molar-refractivity contribution in [2.75, 3.05) is 0 Å². The predicted octanol–water partition coefficient (Wildman–Crippen LogP) is 2.39. The molecule has 0 unspecified atom stereocenters. The van der Waals surface area contributed by atoms with Crippen molar-refractivity contribution in [1.82, 2.24) is 25.0 Å². The molecule has 0 aliphatic carbocycles. The van der Waals surface area contributed by atoms with Crippen LogP contribution < -0.4 is 0 Å². The van der Waals surface area contributed by atoms with E-state index in [0.29, 0.717) is 6.54 Å². The number of rotatable bonds is 3. The Balaban J connectivity index is 1.92. The minimum absolute atomic E-state index is 0.617. The van der Waals surface area contributed by atoms with Crippen molar-refractivity contribution in [2.45, 2.75) is 6.54 Å². The maximum absolute atomic E-state index is 4.29. The Morgan fingerprint density at radius 3 is 2.79 bits per heavy atom. The van der Waals surface area contributed by atoms with Crippen molar-refractivity contribution in [3.8, 4) is 11.3 Å². The zero-order valence-electron chi connectivity index (χ0n) is 9.94. The highest BCUT2D eigenvalue weighted by Crippen LogP contribution is 2.21. The standard InChI is InChI=1S/C13H10IN5/c14-13-12(10-4-3-6-15-8-10)17-18-19(13)9-11-5-1-2-7-16-11/h1-8H,9H2. The van der Waals surface area contributed by atoms with Gasteiger partial charge in [-0.15, -0.1) is 5.10 Å². The first-order valence-electron chi connectivity index (χ1n) is 5.74. The van der Waals surface area contributed by atoms with Crippen LogP contribution in [0.15, 0.2) is 48.9 Å². The van der Waals surface area contributed by atoms with Gasteiger partial charge in [0.05, 0.1) is 12.2 Å². The Hall–Kier alpha value is -1.83. The van der Waals surface area contributed by atoms with Gasteiger partial charge in [0.1, 0.15) is 9.39 Å². The first-order chi connectivity index (χ1) is 9.34. The van der Waals surface area contributed by atoms with Gasteiger partial charge >= 0.3 is 0 Å². The van der Waals surface area contributed by atoms with E-state index < -0.39 is 0 Å². The van der Waals surface area contributed by atoms with Gasteiger partial charge in [0.25, 0.3) is 0 Å². The number of hydrogen-bond acceptors (Lipinski definition) is 4. The highest BCUT2D eigenvalue weighted by Gasteiger charge is 2.12. The van der Waals surface area contributed by atoms with Gasteiger partial charge in [0.2, 0.25) is 0 Å². The van der Waals surface area contributed by atoms with Gasteiger partial charge in [0, 0.05) is 24.2 Å². The third-order valence-electron chi connectivity index (χ3n) is 2.65. The van der Waals surface area contributed by atoms with Crippen molar-refractivity contribution in [2.24, 2.45) is 0 Å². The van der Waals surface area contributed by atoms with Crippen molar-refractivity contribution in [3.63, 3.8) is 0 Å². The normalized spacial score (nSPS) is 10.6. The van der Waals surface area contributed by atoms with Crippen molar-refractivity contribution < 1.29 is 0 Å². The minimum Gasteiger partial charge on any atom is -0.264 e. The van der Waals surface area contributed by atoms with Crippen LogP contribution in [0.3, 0.4) is 0 Å². The number of nitrogens with zero attached hydrogens (tertiary/aromatic N) is 5. The Morgan fingerprint density at radius 2 is 2.05 bits per heavy atom. The van der Waals surface area contributed by atoms with E-state index in [2.05, 4.69) is 42.9 Å². The molecule has 6 heteroatoms. The topological polar surface area (TPSA) is 56.5 Å². The fourth-order valence-electron chi connectivity index (χ4n) is 1.73. The van der Waals surface area contributed by atoms with Crippen molar-refractivity contribution in [3.05, 3.63) is 58.3 Å². The minimum atomic E-state index is 0.617. The molecule has 0 radical (unpaired) electrons. The van der Waals surface area contributed by atoms with Crippen LogP contribution >= 0.6 is 22.6 Å². The van der Waals surface area contributed by atoms with E-state index in [1.54, 1.807) is 18.6 Å². The molecule has 0 N–H and O–H groups in total. The average molecular weight is 363 g/mol. The largest absolute Gasteiger partial charge is 0.264 e. The van der Waals surface area contributed by atoms with Crippen LogP contribution in [-0.4, -0.2) is 25.0 Å². The second-order valence-corrected chi connectivity index (χ2v) is 4.97. The third-order valence-corrected chi connectivity index (χ3v) is 3.72. The Labute approximate surface area is 123 Å². The van der Waals surface area contributed by atoms with Crippen LogP contribution in [-0.2, 0) is 6.54 Å². The molecule has 3 heterocycles. The van der Waals surface area contributed by atoms with Gasteiger partial charge in [-0.1, -0.05) is 11.3 Å². The lowest BCUT2D eigenvalue weighted by molar-refractivity contribution is 0.626. The van der Waals surface area contributed by atoms with Gasteiger partial charge in [-0.05, 0) is 46.9 Å². The summed E-state index contributed by atoms with van der Waals surface area (Å²) in [5.41, 5.74) is 2.78. The molecule has 3 aromatic heterocycles. The second kappa shape index (κ2) is 5.43. The summed E-state index contributed by atoms with van der Waals surface area (Å²) in [6.07, 6.45) is 5.31. The predicted molar refractivity (Wildman–Crippen MR) is 79.3 cm³/mol. The first kappa shape index (κ1) is 12.2. The molecular formula is C13H10IN5. The summed E-state index contributed by atoms with van der Waals surface area (Å²) in [6, 6.07) is 9.71. The monoisotopic (exact) mass is 363 g/mol. The Kier molecular flexibility index (Phi) is 3.49. The highest BCUT2D eigenvalue weighted by molar-refractivity contribution is 14.1. The zero-order chi connectivity index (χ0) is 13.1. The second-order valence-electron chi connectivity index (χ2n) is 3.95. The lowest BCUT2D eigenvalue weighted by Crippen LogP contribution is -2.05. The molecular weight excluding hydrogens is 353 g/mol. The SMILES string of the molecule is Ic1c(-c2cccnc2)nnn1Cc1ccccn1. The summed E-state index contributed by atoms with van der Waals surface area (Å²) >= 11 is 2.25. The molecule has 0 saturated carbocycles. The van der Waals surface area contributed by atoms with Crippen LogP contribution in [0.1, 0.15) is 5.69 Å². The molecule has 0 fully saturated rings. The van der Waals surface area contributed by atoms with Gasteiger partial charge in [0.15, 0.2) is 0 Å². The van der Waals surface area contributed by atoms with Crippen molar-refractivity contribution >= 4 is 22.6 Å². The molecule has 0 spiro atoms. The molecule has 5 nitrogen and oxygen atoms in total. The van der Waals surface area contributed by atoms with E-state index in [0.717, 1.165) is 20.7 Å². The lowest BCUT2D eigenvalue weighted by Gasteiger charge is -2.02. The van der Waals surface area contributed by atoms with Gasteiger partial charge in [-0.2, -0.15) is 0 Å². The summed E-state index contributed by atoms with van der Waals surface area (Å²) in [4.78, 5) is 8.40. The number of halogens is 1. The summed E-state index contributed by atoms with van der Waals surface area (Å²) in [5.74, 6) is 0. The summed E-state index contributed by atoms with van der Waals surface area (Å²) in [5, 5.41) is 8.40. The fourth-order valence-corrected chi connectivity index (χ4v) is 2.41. The van der Waals surface area contributed by atoms with Crippen LogP contribution in [0.4, 0.5) is 0 Å². The molecule has 94 valence electrons. The third kappa shape index (κ3) is 2.62. The number of hydrogen-bond donors (Lipinski definition) is 0. The van der Waals surface area contributed by atoms with Gasteiger partial charge < -0.3 is 0 Å². The first-order valence-corrected chi connectivity index (χ1v) is 6.82. The van der Waals surface area contributed by atoms with Crippen molar-refractivity contribution in [1.29, 1.82) is 0 Å². The molecule has 3 aromatic rings. The maximum Gasteiger partial charge on any atom is 0.128 e. The molecule has 3 rings (SSSR count). The average Bonchev–Trinajstić information content (AvgIpc) is 2.82. The van der Waals surface area contributed by atoms with E-state index in [1.807, 2.05) is 35.0 Å². The molecule has 0 aromatic carbocycles. The van der Waals surface area contributed by atoms with Gasteiger partial charge in [-0.3, -0.25) is 9.97 Å². The maximum atomic E-state index is 4.29. The van der Waals surface area contributed by atoms with Gasteiger partial charge in [-0.25, -0.2) is 4.68 Å². The molecule has 0 saturated heterocycles. The van der Waals surface area contributed by atoms with E-state index >= 15 is 0 Å². The van der Waals surface area contributed by atoms with Crippen LogP contribution in [0.2, 0.25) is 0 Å². The number of pyridine rings is 2. The summed E-state index contributed by atoms with van der Waals surface area (Å²) in [7, 11) is 0. The Bertz CT molecular complexity index is 666. The fraction of sp³-hybridized carbons (Fsp3) is 0.0769. The summed E-state index contributed by atoms with van der Waals surface area (Å²) < 4.78 is 2.82. The highest BCUT2D eigenvalue weighted by atomic mass is 127. The van der Waals surface area contributed by atoms with E-state index in [9.17, 15) is 0 Å². The molecule has 0 atom stereocenters. The quantitative estimate of drug-likeness (QED) is 0.671. The van der Waals surface area contributed by atoms with E-state index in [1.165, 1.54) is 0 Å². The lowest BCUT2D eigenvalue weighted by atomic mass is 10.2. The van der Waals surface area contributed by atoms with Crippen LogP contribution in [0, 0.1) is 3.70 Å².